The molecule has 0 bridgehead atoms. The van der Waals surface area contributed by atoms with Gasteiger partial charge in [-0.05, 0) is 38.3 Å². The summed E-state index contributed by atoms with van der Waals surface area (Å²) in [6.45, 7) is 2.29. The van der Waals surface area contributed by atoms with Gasteiger partial charge in [0.1, 0.15) is 0 Å². The van der Waals surface area contributed by atoms with E-state index in [-0.39, 0.29) is 0 Å². The average molecular weight is 257 g/mol. The molecule has 1 aromatic heterocycles. The number of nitrogens with one attached hydrogen (secondary N) is 1. The molecule has 4 heteroatoms. The molecule has 2 heterocycles. The van der Waals surface area contributed by atoms with Gasteiger partial charge in [-0.2, -0.15) is 4.98 Å². The minimum atomic E-state index is 0.692. The van der Waals surface area contributed by atoms with E-state index in [0.717, 1.165) is 43.3 Å². The Bertz CT molecular complexity index is 503. The van der Waals surface area contributed by atoms with Crippen LogP contribution >= 0.6 is 0 Å². The summed E-state index contributed by atoms with van der Waals surface area (Å²) in [5.41, 5.74) is 1.01. The standard InChI is InChI=1S/C15H19N3O/c1-2-6-13(7-3-1)15-17-14(19-18-15)9-8-12-5-4-10-16-11-12/h1-3,6-7,12,16H,4-5,8-11H2. The van der Waals surface area contributed by atoms with E-state index < -0.39 is 0 Å². The fourth-order valence-corrected chi connectivity index (χ4v) is 2.56. The van der Waals surface area contributed by atoms with E-state index in [4.69, 9.17) is 4.52 Å². The molecule has 0 saturated carbocycles. The lowest BCUT2D eigenvalue weighted by atomic mass is 9.95. The first-order valence-electron chi connectivity index (χ1n) is 7.00. The minimum Gasteiger partial charge on any atom is -0.339 e. The monoisotopic (exact) mass is 257 g/mol. The van der Waals surface area contributed by atoms with Crippen LogP contribution in [0.25, 0.3) is 11.4 Å². The highest BCUT2D eigenvalue weighted by molar-refractivity contribution is 5.53. The molecule has 1 aliphatic rings. The van der Waals surface area contributed by atoms with Gasteiger partial charge in [-0.3, -0.25) is 0 Å². The Morgan fingerprint density at radius 2 is 2.16 bits per heavy atom. The van der Waals surface area contributed by atoms with Crippen LogP contribution in [0, 0.1) is 5.92 Å². The van der Waals surface area contributed by atoms with Gasteiger partial charge in [-0.1, -0.05) is 35.5 Å². The molecule has 0 amide bonds. The lowest BCUT2D eigenvalue weighted by Gasteiger charge is -2.21. The molecule has 1 aliphatic heterocycles. The lowest BCUT2D eigenvalue weighted by molar-refractivity contribution is 0.327. The molecule has 100 valence electrons. The molecule has 1 unspecified atom stereocenters. The second-order valence-corrected chi connectivity index (χ2v) is 5.13. The summed E-state index contributed by atoms with van der Waals surface area (Å²) in [6, 6.07) is 9.96. The Hall–Kier alpha value is -1.68. The highest BCUT2D eigenvalue weighted by atomic mass is 16.5. The third kappa shape index (κ3) is 3.20. The molecular weight excluding hydrogens is 238 g/mol. The number of hydrogen-bond donors (Lipinski definition) is 1. The molecule has 2 aromatic rings. The molecule has 1 saturated heterocycles. The summed E-state index contributed by atoms with van der Waals surface area (Å²) in [6.07, 6.45) is 4.60. The second kappa shape index (κ2) is 5.97. The first-order valence-corrected chi connectivity index (χ1v) is 7.00. The van der Waals surface area contributed by atoms with Crippen LogP contribution in [0.4, 0.5) is 0 Å². The number of aryl methyl sites for hydroxylation is 1. The maximum Gasteiger partial charge on any atom is 0.226 e. The Labute approximate surface area is 113 Å². The fourth-order valence-electron chi connectivity index (χ4n) is 2.56. The van der Waals surface area contributed by atoms with Crippen LogP contribution in [0.1, 0.15) is 25.2 Å². The number of aromatic nitrogens is 2. The van der Waals surface area contributed by atoms with Crippen molar-refractivity contribution >= 4 is 0 Å². The highest BCUT2D eigenvalue weighted by Gasteiger charge is 2.15. The van der Waals surface area contributed by atoms with Crippen LogP contribution in [0.15, 0.2) is 34.9 Å². The van der Waals surface area contributed by atoms with Crippen LogP contribution in [0.2, 0.25) is 0 Å². The maximum absolute atomic E-state index is 5.33. The van der Waals surface area contributed by atoms with E-state index in [1.807, 2.05) is 30.3 Å². The highest BCUT2D eigenvalue weighted by Crippen LogP contribution is 2.19. The molecule has 4 nitrogen and oxygen atoms in total. The molecule has 1 atom stereocenters. The maximum atomic E-state index is 5.33. The van der Waals surface area contributed by atoms with Crippen LogP contribution in [-0.4, -0.2) is 23.2 Å². The van der Waals surface area contributed by atoms with Crippen LogP contribution < -0.4 is 5.32 Å². The topological polar surface area (TPSA) is 51.0 Å². The third-order valence-corrected chi connectivity index (χ3v) is 3.67. The average Bonchev–Trinajstić information content (AvgIpc) is 2.96. The number of rotatable bonds is 4. The Morgan fingerprint density at radius 1 is 1.26 bits per heavy atom. The van der Waals surface area contributed by atoms with E-state index >= 15 is 0 Å². The van der Waals surface area contributed by atoms with E-state index in [1.165, 1.54) is 12.8 Å². The van der Waals surface area contributed by atoms with Crippen LogP contribution in [-0.2, 0) is 6.42 Å². The molecule has 0 radical (unpaired) electrons. The van der Waals surface area contributed by atoms with Crippen molar-refractivity contribution < 1.29 is 4.52 Å². The molecular formula is C15H19N3O. The number of piperidine rings is 1. The van der Waals surface area contributed by atoms with Crippen LogP contribution in [0.3, 0.4) is 0 Å². The lowest BCUT2D eigenvalue weighted by Crippen LogP contribution is -2.29. The molecule has 1 aromatic carbocycles. The van der Waals surface area contributed by atoms with Crippen molar-refractivity contribution in [3.63, 3.8) is 0 Å². The predicted molar refractivity (Wildman–Crippen MR) is 73.6 cm³/mol. The summed E-state index contributed by atoms with van der Waals surface area (Å²) in [7, 11) is 0. The molecule has 0 spiro atoms. The largest absolute Gasteiger partial charge is 0.339 e. The Balaban J connectivity index is 1.59. The quantitative estimate of drug-likeness (QED) is 0.915. The first-order chi connectivity index (χ1) is 9.42. The van der Waals surface area contributed by atoms with Crippen molar-refractivity contribution in [2.45, 2.75) is 25.7 Å². The van der Waals surface area contributed by atoms with Crippen molar-refractivity contribution in [2.75, 3.05) is 13.1 Å². The van der Waals surface area contributed by atoms with Gasteiger partial charge >= 0.3 is 0 Å². The minimum absolute atomic E-state index is 0.692. The fraction of sp³-hybridized carbons (Fsp3) is 0.467. The zero-order valence-corrected chi connectivity index (χ0v) is 11.0. The second-order valence-electron chi connectivity index (χ2n) is 5.13. The van der Waals surface area contributed by atoms with Gasteiger partial charge in [-0.15, -0.1) is 0 Å². The SMILES string of the molecule is c1ccc(-c2noc(CCC3CCCNC3)n2)cc1. The molecule has 19 heavy (non-hydrogen) atoms. The van der Waals surface area contributed by atoms with Gasteiger partial charge < -0.3 is 9.84 Å². The van der Waals surface area contributed by atoms with Gasteiger partial charge in [0.2, 0.25) is 11.7 Å². The Kier molecular flexibility index (Phi) is 3.89. The van der Waals surface area contributed by atoms with E-state index in [2.05, 4.69) is 15.5 Å². The zero-order valence-electron chi connectivity index (χ0n) is 11.0. The smallest absolute Gasteiger partial charge is 0.226 e. The molecule has 3 rings (SSSR count). The van der Waals surface area contributed by atoms with E-state index in [0.29, 0.717) is 5.82 Å². The number of benzene rings is 1. The predicted octanol–water partition coefficient (Wildman–Crippen LogP) is 2.67. The van der Waals surface area contributed by atoms with Gasteiger partial charge in [0, 0.05) is 12.0 Å². The summed E-state index contributed by atoms with van der Waals surface area (Å²) in [5.74, 6) is 2.20. The van der Waals surface area contributed by atoms with E-state index in [1.54, 1.807) is 0 Å². The normalized spacial score (nSPS) is 19.5. The van der Waals surface area contributed by atoms with Gasteiger partial charge in [-0.25, -0.2) is 0 Å². The number of hydrogen-bond acceptors (Lipinski definition) is 4. The van der Waals surface area contributed by atoms with Crippen molar-refractivity contribution in [3.05, 3.63) is 36.2 Å². The van der Waals surface area contributed by atoms with Crippen molar-refractivity contribution in [1.82, 2.24) is 15.5 Å². The summed E-state index contributed by atoms with van der Waals surface area (Å²) < 4.78 is 5.33. The van der Waals surface area contributed by atoms with Crippen molar-refractivity contribution in [2.24, 2.45) is 5.92 Å². The van der Waals surface area contributed by atoms with Gasteiger partial charge in [0.05, 0.1) is 0 Å². The van der Waals surface area contributed by atoms with E-state index in [9.17, 15) is 0 Å². The number of nitrogens with zero attached hydrogens (tertiary/aromatic N) is 2. The summed E-state index contributed by atoms with van der Waals surface area (Å²) in [5, 5.41) is 7.48. The third-order valence-electron chi connectivity index (χ3n) is 3.67. The molecule has 1 fully saturated rings. The van der Waals surface area contributed by atoms with Crippen LogP contribution in [0.5, 0.6) is 0 Å². The summed E-state index contributed by atoms with van der Waals surface area (Å²) >= 11 is 0. The first kappa shape index (κ1) is 12.4. The zero-order chi connectivity index (χ0) is 12.9. The van der Waals surface area contributed by atoms with Crippen molar-refractivity contribution in [3.8, 4) is 11.4 Å². The molecule has 1 N–H and O–H groups in total. The summed E-state index contributed by atoms with van der Waals surface area (Å²) in [4.78, 5) is 4.47. The Morgan fingerprint density at radius 3 is 2.95 bits per heavy atom. The van der Waals surface area contributed by atoms with Gasteiger partial charge in [0.15, 0.2) is 0 Å². The van der Waals surface area contributed by atoms with Crippen molar-refractivity contribution in [1.29, 1.82) is 0 Å². The van der Waals surface area contributed by atoms with Gasteiger partial charge in [0.25, 0.3) is 0 Å². The molecule has 0 aliphatic carbocycles.